The van der Waals surface area contributed by atoms with Gasteiger partial charge in [-0.3, -0.25) is 0 Å². The maximum absolute atomic E-state index is 13.8. The Bertz CT molecular complexity index is 1640. The summed E-state index contributed by atoms with van der Waals surface area (Å²) in [6.07, 6.45) is 9.83. The van der Waals surface area contributed by atoms with Crippen LogP contribution in [0.15, 0.2) is 36.7 Å². The first-order chi connectivity index (χ1) is 22.1. The highest BCUT2D eigenvalue weighted by molar-refractivity contribution is 6.05. The second-order valence-corrected chi connectivity index (χ2v) is 14.0. The second kappa shape index (κ2) is 14.2. The number of aryl methyl sites for hydroxylation is 2. The van der Waals surface area contributed by atoms with E-state index in [0.29, 0.717) is 46.2 Å². The van der Waals surface area contributed by atoms with Crippen molar-refractivity contribution in [2.45, 2.75) is 52.4 Å². The van der Waals surface area contributed by atoms with Gasteiger partial charge in [0.2, 0.25) is 0 Å². The molecular weight excluding hydrogens is 637 g/mol. The first-order valence-electron chi connectivity index (χ1n) is 16.5. The van der Waals surface area contributed by atoms with Gasteiger partial charge in [0.15, 0.2) is 0 Å². The predicted molar refractivity (Wildman–Crippen MR) is 185 cm³/mol. The van der Waals surface area contributed by atoms with Crippen LogP contribution in [0.4, 0.5) is 8.78 Å². The summed E-state index contributed by atoms with van der Waals surface area (Å²) in [5, 5.41) is 1.18. The lowest BCUT2D eigenvalue weighted by atomic mass is 9.73. The standard InChI is InChI=1S/2C18H21FN2O2.B.ClH/c2*1-12-8-16-13(9-15(12)19)14(10-20-16)17(22)23-11-18-2-5-21(6-3-18)7-4-18;;/h2*8-10,20H,2-7,11H2,1H3;;1H. The van der Waals surface area contributed by atoms with Crippen LogP contribution in [0.2, 0.25) is 0 Å². The molecule has 4 aromatic rings. The normalized spacial score (nSPS) is 25.5. The third-order valence-corrected chi connectivity index (χ3v) is 11.1. The molecule has 8 nitrogen and oxygen atoms in total. The van der Waals surface area contributed by atoms with Crippen LogP contribution < -0.4 is 0 Å². The van der Waals surface area contributed by atoms with Gasteiger partial charge in [-0.1, -0.05) is 0 Å². The highest BCUT2D eigenvalue weighted by Crippen LogP contribution is 2.41. The first kappa shape index (κ1) is 35.9. The van der Waals surface area contributed by atoms with E-state index in [1.807, 2.05) is 0 Å². The Morgan fingerprint density at radius 3 is 1.33 bits per heavy atom. The third-order valence-electron chi connectivity index (χ3n) is 11.1. The predicted octanol–water partition coefficient (Wildman–Crippen LogP) is 6.56. The summed E-state index contributed by atoms with van der Waals surface area (Å²) in [7, 11) is 0. The number of benzene rings is 2. The van der Waals surface area contributed by atoms with Crippen molar-refractivity contribution in [3.8, 4) is 0 Å². The average Bonchev–Trinajstić information content (AvgIpc) is 3.68. The summed E-state index contributed by atoms with van der Waals surface area (Å²) < 4.78 is 38.8. The summed E-state index contributed by atoms with van der Waals surface area (Å²) in [5.74, 6) is -1.32. The van der Waals surface area contributed by atoms with Gasteiger partial charge >= 0.3 is 11.9 Å². The molecule has 8 heterocycles. The topological polar surface area (TPSA) is 90.7 Å². The van der Waals surface area contributed by atoms with Gasteiger partial charge in [0, 0.05) is 53.4 Å². The van der Waals surface area contributed by atoms with Gasteiger partial charge in [-0.15, -0.1) is 12.4 Å². The van der Waals surface area contributed by atoms with Crippen molar-refractivity contribution in [1.29, 1.82) is 0 Å². The summed E-state index contributed by atoms with van der Waals surface area (Å²) in [4.78, 5) is 35.9. The fourth-order valence-corrected chi connectivity index (χ4v) is 7.66. The average molecular weight is 680 g/mol. The second-order valence-electron chi connectivity index (χ2n) is 14.0. The van der Waals surface area contributed by atoms with Crippen molar-refractivity contribution < 1.29 is 27.8 Å². The van der Waals surface area contributed by atoms with Gasteiger partial charge in [0.05, 0.1) is 24.3 Å². The zero-order chi connectivity index (χ0) is 32.1. The molecular formula is C36H43BClF2N4O4. The molecule has 255 valence electrons. The Balaban J connectivity index is 0.000000180. The number of aromatic amines is 2. The molecule has 6 fully saturated rings. The lowest BCUT2D eigenvalue weighted by molar-refractivity contribution is -0.0305. The van der Waals surface area contributed by atoms with Crippen molar-refractivity contribution in [1.82, 2.24) is 19.8 Å². The maximum atomic E-state index is 13.8. The van der Waals surface area contributed by atoms with Crippen LogP contribution in [0, 0.1) is 36.3 Å². The Kier molecular flexibility index (Phi) is 10.6. The van der Waals surface area contributed by atoms with Gasteiger partial charge in [-0.05, 0) is 127 Å². The monoisotopic (exact) mass is 679 g/mol. The smallest absolute Gasteiger partial charge is 0.340 e. The number of H-pyrrole nitrogens is 2. The van der Waals surface area contributed by atoms with E-state index in [1.165, 1.54) is 12.1 Å². The number of halogens is 3. The number of carbonyl (C=O) groups is 2. The molecule has 0 saturated carbocycles. The number of ether oxygens (including phenoxy) is 2. The van der Waals surface area contributed by atoms with Crippen LogP contribution in [-0.4, -0.2) is 92.6 Å². The van der Waals surface area contributed by atoms with E-state index in [1.54, 1.807) is 38.4 Å². The van der Waals surface area contributed by atoms with Crippen LogP contribution in [0.3, 0.4) is 0 Å². The van der Waals surface area contributed by atoms with Gasteiger partial charge < -0.3 is 29.2 Å². The SMILES string of the molecule is Cc1cc2[nH]cc(C(=O)OCC34CCN(CC3)CC4)c2cc1F.Cc1cc2[nH]cc(C(=O)OCC34CCN(CC3)CC4)c2cc1F.Cl.[B]. The van der Waals surface area contributed by atoms with Crippen LogP contribution in [0.5, 0.6) is 0 Å². The molecule has 0 atom stereocenters. The molecule has 48 heavy (non-hydrogen) atoms. The molecule has 4 bridgehead atoms. The molecule has 3 radical (unpaired) electrons. The molecule has 2 aromatic heterocycles. The fraction of sp³-hybridized carbons (Fsp3) is 0.500. The van der Waals surface area contributed by atoms with Crippen molar-refractivity contribution in [3.05, 3.63) is 70.5 Å². The number of esters is 2. The van der Waals surface area contributed by atoms with E-state index in [4.69, 9.17) is 9.47 Å². The van der Waals surface area contributed by atoms with E-state index < -0.39 is 0 Å². The lowest BCUT2D eigenvalue weighted by Crippen LogP contribution is -2.50. The quantitative estimate of drug-likeness (QED) is 0.177. The molecule has 10 rings (SSSR count). The van der Waals surface area contributed by atoms with Gasteiger partial charge in [0.25, 0.3) is 0 Å². The molecule has 0 aliphatic carbocycles. The van der Waals surface area contributed by atoms with Gasteiger partial charge in [-0.2, -0.15) is 0 Å². The molecule has 6 aliphatic rings. The number of hydrogen-bond donors (Lipinski definition) is 2. The van der Waals surface area contributed by atoms with E-state index >= 15 is 0 Å². The number of nitrogens with one attached hydrogen (secondary N) is 2. The lowest BCUT2D eigenvalue weighted by Gasteiger charge is -2.47. The van der Waals surface area contributed by atoms with E-state index in [2.05, 4.69) is 19.8 Å². The maximum Gasteiger partial charge on any atom is 0.340 e. The minimum Gasteiger partial charge on any atom is -0.461 e. The highest BCUT2D eigenvalue weighted by Gasteiger charge is 2.41. The van der Waals surface area contributed by atoms with E-state index in [-0.39, 0.29) is 55.2 Å². The Labute approximate surface area is 287 Å². The van der Waals surface area contributed by atoms with Crippen molar-refractivity contribution in [2.24, 2.45) is 10.8 Å². The van der Waals surface area contributed by atoms with E-state index in [9.17, 15) is 18.4 Å². The number of piperidine rings is 6. The zero-order valence-corrected chi connectivity index (χ0v) is 28.4. The number of carbonyl (C=O) groups excluding carboxylic acids is 2. The van der Waals surface area contributed by atoms with Crippen LogP contribution in [-0.2, 0) is 9.47 Å². The molecule has 6 saturated heterocycles. The summed E-state index contributed by atoms with van der Waals surface area (Å²) in [5.41, 5.74) is 3.79. The molecule has 6 aliphatic heterocycles. The summed E-state index contributed by atoms with van der Waals surface area (Å²) >= 11 is 0. The van der Waals surface area contributed by atoms with Crippen molar-refractivity contribution in [2.75, 3.05) is 52.5 Å². The van der Waals surface area contributed by atoms with Crippen LogP contribution in [0.1, 0.15) is 70.4 Å². The molecule has 2 aromatic carbocycles. The number of nitrogens with zero attached hydrogens (tertiary/aromatic N) is 2. The molecule has 2 N–H and O–H groups in total. The van der Waals surface area contributed by atoms with Gasteiger partial charge in [0.1, 0.15) is 11.6 Å². The summed E-state index contributed by atoms with van der Waals surface area (Å²) in [6, 6.07) is 6.26. The van der Waals surface area contributed by atoms with Gasteiger partial charge in [-0.25, -0.2) is 18.4 Å². The summed E-state index contributed by atoms with van der Waals surface area (Å²) in [6.45, 7) is 11.0. The van der Waals surface area contributed by atoms with Crippen molar-refractivity contribution in [3.63, 3.8) is 0 Å². The first-order valence-corrected chi connectivity index (χ1v) is 16.5. The fourth-order valence-electron chi connectivity index (χ4n) is 7.66. The highest BCUT2D eigenvalue weighted by atomic mass is 35.5. The molecule has 0 spiro atoms. The number of aromatic nitrogens is 2. The Morgan fingerprint density at radius 2 is 1.00 bits per heavy atom. The minimum absolute atomic E-state index is 0. The molecule has 0 amide bonds. The molecule has 12 heteroatoms. The van der Waals surface area contributed by atoms with E-state index in [0.717, 1.165) is 88.8 Å². The minimum atomic E-state index is -0.359. The molecule has 0 unspecified atom stereocenters. The largest absolute Gasteiger partial charge is 0.461 e. The number of fused-ring (bicyclic) bond motifs is 8. The Morgan fingerprint density at radius 1 is 0.667 bits per heavy atom. The van der Waals surface area contributed by atoms with Crippen LogP contribution >= 0.6 is 12.4 Å². The number of rotatable bonds is 6. The van der Waals surface area contributed by atoms with Crippen LogP contribution in [0.25, 0.3) is 21.8 Å². The Hall–Kier alpha value is -3.41. The van der Waals surface area contributed by atoms with Crippen molar-refractivity contribution >= 4 is 54.6 Å². The third kappa shape index (κ3) is 7.00. The number of hydrogen-bond acceptors (Lipinski definition) is 6. The zero-order valence-electron chi connectivity index (χ0n) is 27.6.